The van der Waals surface area contributed by atoms with Crippen molar-refractivity contribution in [3.63, 3.8) is 0 Å². The molecule has 0 unspecified atom stereocenters. The van der Waals surface area contributed by atoms with Crippen LogP contribution in [0.2, 0.25) is 0 Å². The zero-order chi connectivity index (χ0) is 13.7. The van der Waals surface area contributed by atoms with E-state index in [0.717, 1.165) is 30.2 Å². The van der Waals surface area contributed by atoms with Crippen molar-refractivity contribution in [1.29, 1.82) is 0 Å². The van der Waals surface area contributed by atoms with Gasteiger partial charge in [-0.15, -0.1) is 0 Å². The summed E-state index contributed by atoms with van der Waals surface area (Å²) in [5.41, 5.74) is 1.09. The molecule has 2 aromatic heterocycles. The highest BCUT2D eigenvalue weighted by Gasteiger charge is 2.07. The number of ether oxygens (including phenoxy) is 1. The molecule has 5 nitrogen and oxygen atoms in total. The zero-order valence-corrected chi connectivity index (χ0v) is 11.6. The minimum atomic E-state index is 0.434. The van der Waals surface area contributed by atoms with Crippen LogP contribution in [0.15, 0.2) is 30.9 Å². The molecule has 5 heteroatoms. The van der Waals surface area contributed by atoms with Gasteiger partial charge in [0.05, 0.1) is 18.6 Å². The summed E-state index contributed by atoms with van der Waals surface area (Å²) in [5.74, 6) is 1.51. The van der Waals surface area contributed by atoms with Crippen LogP contribution in [0.25, 0.3) is 0 Å². The molecule has 0 amide bonds. The van der Waals surface area contributed by atoms with E-state index in [0.29, 0.717) is 6.04 Å². The van der Waals surface area contributed by atoms with Gasteiger partial charge in [-0.1, -0.05) is 13.8 Å². The molecule has 0 aliphatic rings. The molecule has 1 N–H and O–H groups in total. The van der Waals surface area contributed by atoms with Crippen molar-refractivity contribution in [2.45, 2.75) is 39.9 Å². The van der Waals surface area contributed by atoms with E-state index in [2.05, 4.69) is 29.2 Å². The number of aromatic nitrogens is 3. The van der Waals surface area contributed by atoms with Crippen LogP contribution in [-0.4, -0.2) is 20.8 Å². The number of nitrogens with zero attached hydrogens (tertiary/aromatic N) is 3. The molecule has 2 heterocycles. The van der Waals surface area contributed by atoms with Crippen LogP contribution in [-0.2, 0) is 13.1 Å². The Morgan fingerprint density at radius 2 is 2.21 bits per heavy atom. The predicted molar refractivity (Wildman–Crippen MR) is 74.2 cm³/mol. The summed E-state index contributed by atoms with van der Waals surface area (Å²) in [7, 11) is 0. The second kappa shape index (κ2) is 6.33. The third-order valence-electron chi connectivity index (χ3n) is 2.73. The van der Waals surface area contributed by atoms with Gasteiger partial charge >= 0.3 is 0 Å². The van der Waals surface area contributed by atoms with Gasteiger partial charge < -0.3 is 10.1 Å². The van der Waals surface area contributed by atoms with Crippen LogP contribution in [0.1, 0.15) is 26.3 Å². The lowest BCUT2D eigenvalue weighted by Gasteiger charge is -2.11. The van der Waals surface area contributed by atoms with Gasteiger partial charge in [0.25, 0.3) is 0 Å². The summed E-state index contributed by atoms with van der Waals surface area (Å²) in [6, 6.07) is 2.40. The van der Waals surface area contributed by atoms with Gasteiger partial charge in [0.15, 0.2) is 5.75 Å². The second-order valence-corrected chi connectivity index (χ2v) is 4.65. The van der Waals surface area contributed by atoms with E-state index in [9.17, 15) is 0 Å². The first-order valence-electron chi connectivity index (χ1n) is 6.55. The first kappa shape index (κ1) is 13.5. The molecule has 0 aliphatic carbocycles. The maximum atomic E-state index is 5.84. The molecule has 0 aliphatic heterocycles. The minimum Gasteiger partial charge on any atom is -0.452 e. The van der Waals surface area contributed by atoms with E-state index in [1.165, 1.54) is 0 Å². The molecule has 0 bridgehead atoms. The summed E-state index contributed by atoms with van der Waals surface area (Å²) < 4.78 is 7.67. The fraction of sp³-hybridized carbons (Fsp3) is 0.429. The Hall–Kier alpha value is -1.88. The molecule has 2 rings (SSSR count). The van der Waals surface area contributed by atoms with Gasteiger partial charge in [0.2, 0.25) is 0 Å². The van der Waals surface area contributed by atoms with Gasteiger partial charge in [-0.3, -0.25) is 9.67 Å². The molecule has 0 saturated carbocycles. The molecule has 2 aromatic rings. The smallest absolute Gasteiger partial charge is 0.165 e. The SMILES string of the molecule is CCn1cc(Oc2cnccc2CNC(C)C)cn1. The summed E-state index contributed by atoms with van der Waals surface area (Å²) in [6.07, 6.45) is 7.11. The molecule has 102 valence electrons. The minimum absolute atomic E-state index is 0.434. The lowest BCUT2D eigenvalue weighted by Crippen LogP contribution is -2.22. The Morgan fingerprint density at radius 3 is 2.89 bits per heavy atom. The van der Waals surface area contributed by atoms with Gasteiger partial charge in [-0.25, -0.2) is 0 Å². The van der Waals surface area contributed by atoms with Crippen LogP contribution in [0.3, 0.4) is 0 Å². The molecule has 0 saturated heterocycles. The van der Waals surface area contributed by atoms with Crippen molar-refractivity contribution in [3.8, 4) is 11.5 Å². The molecule has 0 atom stereocenters. The Bertz CT molecular complexity index is 522. The number of pyridine rings is 1. The lowest BCUT2D eigenvalue weighted by molar-refractivity contribution is 0.466. The number of nitrogens with one attached hydrogen (secondary N) is 1. The Morgan fingerprint density at radius 1 is 1.37 bits per heavy atom. The third kappa shape index (κ3) is 3.79. The first-order valence-corrected chi connectivity index (χ1v) is 6.55. The molecule has 0 fully saturated rings. The van der Waals surface area contributed by atoms with E-state index in [4.69, 9.17) is 4.74 Å². The second-order valence-electron chi connectivity index (χ2n) is 4.65. The first-order chi connectivity index (χ1) is 9.19. The number of rotatable bonds is 6. The van der Waals surface area contributed by atoms with Crippen LogP contribution in [0, 0.1) is 0 Å². The van der Waals surface area contributed by atoms with E-state index in [-0.39, 0.29) is 0 Å². The third-order valence-corrected chi connectivity index (χ3v) is 2.73. The highest BCUT2D eigenvalue weighted by Crippen LogP contribution is 2.23. The number of hydrogen-bond donors (Lipinski definition) is 1. The van der Waals surface area contributed by atoms with Crippen LogP contribution >= 0.6 is 0 Å². The van der Waals surface area contributed by atoms with E-state index in [1.807, 2.05) is 23.9 Å². The van der Waals surface area contributed by atoms with Gasteiger partial charge in [0, 0.05) is 30.9 Å². The average molecular weight is 260 g/mol. The Labute approximate surface area is 113 Å². The highest BCUT2D eigenvalue weighted by molar-refractivity contribution is 5.33. The lowest BCUT2D eigenvalue weighted by atomic mass is 10.2. The van der Waals surface area contributed by atoms with Crippen molar-refractivity contribution in [1.82, 2.24) is 20.1 Å². The van der Waals surface area contributed by atoms with E-state index in [1.54, 1.807) is 18.6 Å². The summed E-state index contributed by atoms with van der Waals surface area (Å²) in [5, 5.41) is 7.57. The number of hydrogen-bond acceptors (Lipinski definition) is 4. The zero-order valence-electron chi connectivity index (χ0n) is 11.6. The molecule has 0 spiro atoms. The standard InChI is InChI=1S/C14H20N4O/c1-4-18-10-13(8-17-18)19-14-9-15-6-5-12(14)7-16-11(2)3/h5-6,8-11,16H,4,7H2,1-3H3. The van der Waals surface area contributed by atoms with Crippen molar-refractivity contribution in [2.24, 2.45) is 0 Å². The molecule has 19 heavy (non-hydrogen) atoms. The van der Waals surface area contributed by atoms with E-state index < -0.39 is 0 Å². The largest absolute Gasteiger partial charge is 0.452 e. The normalized spacial score (nSPS) is 10.9. The topological polar surface area (TPSA) is 52.0 Å². The maximum absolute atomic E-state index is 5.84. The van der Waals surface area contributed by atoms with Crippen molar-refractivity contribution < 1.29 is 4.74 Å². The predicted octanol–water partition coefficient (Wildman–Crippen LogP) is 2.59. The fourth-order valence-electron chi connectivity index (χ4n) is 1.66. The quantitative estimate of drug-likeness (QED) is 0.867. The fourth-order valence-corrected chi connectivity index (χ4v) is 1.66. The summed E-state index contributed by atoms with van der Waals surface area (Å²) >= 11 is 0. The molecule has 0 radical (unpaired) electrons. The summed E-state index contributed by atoms with van der Waals surface area (Å²) in [6.45, 7) is 7.87. The van der Waals surface area contributed by atoms with Gasteiger partial charge in [0.1, 0.15) is 5.75 Å². The van der Waals surface area contributed by atoms with E-state index >= 15 is 0 Å². The van der Waals surface area contributed by atoms with Crippen molar-refractivity contribution in [2.75, 3.05) is 0 Å². The van der Waals surface area contributed by atoms with Gasteiger partial charge in [-0.05, 0) is 13.0 Å². The monoisotopic (exact) mass is 260 g/mol. The Kier molecular flexibility index (Phi) is 4.52. The highest BCUT2D eigenvalue weighted by atomic mass is 16.5. The van der Waals surface area contributed by atoms with Crippen LogP contribution < -0.4 is 10.1 Å². The molecular formula is C14H20N4O. The molecule has 0 aromatic carbocycles. The average Bonchev–Trinajstić information content (AvgIpc) is 2.85. The van der Waals surface area contributed by atoms with Crippen molar-refractivity contribution >= 4 is 0 Å². The van der Waals surface area contributed by atoms with Crippen LogP contribution in [0.5, 0.6) is 11.5 Å². The number of aryl methyl sites for hydroxylation is 1. The maximum Gasteiger partial charge on any atom is 0.165 e. The summed E-state index contributed by atoms with van der Waals surface area (Å²) in [4.78, 5) is 4.12. The van der Waals surface area contributed by atoms with Crippen LogP contribution in [0.4, 0.5) is 0 Å². The Balaban J connectivity index is 2.10. The van der Waals surface area contributed by atoms with Crippen molar-refractivity contribution in [3.05, 3.63) is 36.4 Å². The van der Waals surface area contributed by atoms with Gasteiger partial charge in [-0.2, -0.15) is 5.10 Å². The molecular weight excluding hydrogens is 240 g/mol.